The average molecular weight is 923 g/mol. The van der Waals surface area contributed by atoms with Gasteiger partial charge in [0.2, 0.25) is 11.8 Å². The number of amides is 6. The minimum atomic E-state index is -3.64. The van der Waals surface area contributed by atoms with Gasteiger partial charge in [-0.2, -0.15) is 0 Å². The standard InChI is InChI=1S/2C21H23N3O7S/c2*1-5-31-19-17(30-3)10-9-14(23-19)16(11-32(4,28)29)24-20(26)13-7-6-8-15(22-12(2)25)18(13)21(24)27/h2*6-10,16H,5,11H2,1-4H3,(H,22,25)/t16-;/m1./s1. The Labute approximate surface area is 369 Å². The summed E-state index contributed by atoms with van der Waals surface area (Å²) in [5.74, 6) is -3.85. The second-order valence-corrected chi connectivity index (χ2v) is 18.7. The molecule has 2 aliphatic rings. The van der Waals surface area contributed by atoms with E-state index in [1.54, 1.807) is 13.8 Å². The highest BCUT2D eigenvalue weighted by Crippen LogP contribution is 2.39. The summed E-state index contributed by atoms with van der Waals surface area (Å²) in [4.78, 5) is 86.5. The molecular weight excluding hydrogens is 877 g/mol. The number of pyridine rings is 2. The molecule has 0 fully saturated rings. The van der Waals surface area contributed by atoms with Crippen molar-refractivity contribution in [2.45, 2.75) is 39.8 Å². The molecule has 4 aromatic rings. The topological polar surface area (TPSA) is 264 Å². The molecule has 1 unspecified atom stereocenters. The first-order chi connectivity index (χ1) is 30.1. The molecule has 2 atom stereocenters. The van der Waals surface area contributed by atoms with E-state index in [1.807, 2.05) is 0 Å². The molecule has 0 radical (unpaired) electrons. The number of fused-ring (bicyclic) bond motifs is 2. The normalized spacial score (nSPS) is 14.2. The zero-order valence-corrected chi connectivity index (χ0v) is 37.7. The number of anilines is 2. The van der Waals surface area contributed by atoms with Gasteiger partial charge in [0.05, 0.1) is 96.0 Å². The van der Waals surface area contributed by atoms with Crippen molar-refractivity contribution in [3.05, 3.63) is 94.3 Å². The number of methoxy groups -OCH3 is 2. The summed E-state index contributed by atoms with van der Waals surface area (Å²) >= 11 is 0. The molecule has 0 saturated heterocycles. The van der Waals surface area contributed by atoms with Crippen molar-refractivity contribution >= 4 is 66.5 Å². The number of hydrogen-bond acceptors (Lipinski definition) is 16. The van der Waals surface area contributed by atoms with Gasteiger partial charge in [0.1, 0.15) is 19.7 Å². The Bertz CT molecular complexity index is 2570. The van der Waals surface area contributed by atoms with E-state index in [0.717, 1.165) is 22.3 Å². The maximum atomic E-state index is 13.3. The summed E-state index contributed by atoms with van der Waals surface area (Å²) in [5.41, 5.74) is 0.787. The Morgan fingerprint density at radius 3 is 1.25 bits per heavy atom. The van der Waals surface area contributed by atoms with E-state index in [9.17, 15) is 45.6 Å². The van der Waals surface area contributed by atoms with Gasteiger partial charge in [-0.25, -0.2) is 26.8 Å². The van der Waals surface area contributed by atoms with E-state index >= 15 is 0 Å². The van der Waals surface area contributed by atoms with Gasteiger partial charge in [0.25, 0.3) is 35.4 Å². The number of carbonyl (C=O) groups is 6. The van der Waals surface area contributed by atoms with Crippen molar-refractivity contribution in [2.75, 3.05) is 62.1 Å². The van der Waals surface area contributed by atoms with E-state index in [1.165, 1.54) is 88.7 Å². The van der Waals surface area contributed by atoms with E-state index < -0.39 is 78.7 Å². The van der Waals surface area contributed by atoms with Crippen LogP contribution in [0.15, 0.2) is 60.7 Å². The Balaban J connectivity index is 0.000000241. The van der Waals surface area contributed by atoms with Crippen LogP contribution in [0.25, 0.3) is 0 Å². The Kier molecular flexibility index (Phi) is 14.7. The fraction of sp³-hybridized carbons (Fsp3) is 0.333. The number of benzene rings is 2. The first kappa shape index (κ1) is 48.1. The fourth-order valence-corrected chi connectivity index (χ4v) is 8.75. The van der Waals surface area contributed by atoms with Crippen LogP contribution in [0.4, 0.5) is 11.4 Å². The van der Waals surface area contributed by atoms with Crippen LogP contribution in [-0.4, -0.2) is 123 Å². The molecule has 2 N–H and O–H groups in total. The summed E-state index contributed by atoms with van der Waals surface area (Å²) in [6, 6.07) is 12.6. The van der Waals surface area contributed by atoms with Crippen LogP contribution in [0, 0.1) is 0 Å². The Hall–Kier alpha value is -6.94. The molecule has 2 aromatic heterocycles. The molecule has 4 heterocycles. The van der Waals surface area contributed by atoms with Crippen LogP contribution in [-0.2, 0) is 29.3 Å². The molecule has 340 valence electrons. The second-order valence-electron chi connectivity index (χ2n) is 14.3. The summed E-state index contributed by atoms with van der Waals surface area (Å²) in [6.45, 7) is 6.60. The monoisotopic (exact) mass is 922 g/mol. The minimum absolute atomic E-state index is 0.00439. The van der Waals surface area contributed by atoms with Gasteiger partial charge in [-0.05, 0) is 62.4 Å². The maximum absolute atomic E-state index is 13.3. The predicted octanol–water partition coefficient (Wildman–Crippen LogP) is 3.66. The molecule has 0 saturated carbocycles. The molecule has 20 nitrogen and oxygen atoms in total. The number of ether oxygens (including phenoxy) is 4. The van der Waals surface area contributed by atoms with Crippen molar-refractivity contribution in [1.29, 1.82) is 0 Å². The summed E-state index contributed by atoms with van der Waals surface area (Å²) < 4.78 is 70.2. The predicted molar refractivity (Wildman–Crippen MR) is 231 cm³/mol. The van der Waals surface area contributed by atoms with E-state index in [2.05, 4.69) is 20.6 Å². The number of nitrogens with one attached hydrogen (secondary N) is 2. The van der Waals surface area contributed by atoms with Crippen LogP contribution in [0.3, 0.4) is 0 Å². The van der Waals surface area contributed by atoms with Gasteiger partial charge in [0, 0.05) is 26.4 Å². The molecule has 2 aromatic carbocycles. The summed E-state index contributed by atoms with van der Waals surface area (Å²) in [6.07, 6.45) is 2.02. The smallest absolute Gasteiger partial charge is 0.264 e. The number of carbonyl (C=O) groups excluding carboxylic acids is 6. The van der Waals surface area contributed by atoms with Crippen molar-refractivity contribution in [1.82, 2.24) is 19.8 Å². The van der Waals surface area contributed by atoms with E-state index in [-0.39, 0.29) is 70.0 Å². The molecule has 2 aliphatic heterocycles. The number of rotatable bonds is 16. The number of aromatic nitrogens is 2. The highest BCUT2D eigenvalue weighted by atomic mass is 32.2. The van der Waals surface area contributed by atoms with Crippen molar-refractivity contribution in [3.8, 4) is 23.3 Å². The van der Waals surface area contributed by atoms with Crippen LogP contribution < -0.4 is 29.6 Å². The van der Waals surface area contributed by atoms with Crippen LogP contribution in [0.1, 0.15) is 92.6 Å². The van der Waals surface area contributed by atoms with Gasteiger partial charge in [-0.15, -0.1) is 0 Å². The van der Waals surface area contributed by atoms with Crippen LogP contribution in [0.5, 0.6) is 23.3 Å². The van der Waals surface area contributed by atoms with Crippen LogP contribution >= 0.6 is 0 Å². The van der Waals surface area contributed by atoms with Crippen LogP contribution in [0.2, 0.25) is 0 Å². The molecule has 0 spiro atoms. The van der Waals surface area contributed by atoms with Crippen molar-refractivity contribution in [3.63, 3.8) is 0 Å². The molecule has 0 aliphatic carbocycles. The number of hydrogen-bond donors (Lipinski definition) is 2. The lowest BCUT2D eigenvalue weighted by atomic mass is 10.1. The Morgan fingerprint density at radius 1 is 0.594 bits per heavy atom. The third-order valence-corrected chi connectivity index (χ3v) is 11.3. The molecule has 6 amide bonds. The summed E-state index contributed by atoms with van der Waals surface area (Å²) in [7, 11) is -4.42. The van der Waals surface area contributed by atoms with Gasteiger partial charge in [-0.1, -0.05) is 12.1 Å². The highest BCUT2D eigenvalue weighted by Gasteiger charge is 2.45. The van der Waals surface area contributed by atoms with Gasteiger partial charge in [-0.3, -0.25) is 38.6 Å². The van der Waals surface area contributed by atoms with Crippen molar-refractivity contribution < 1.29 is 64.6 Å². The zero-order chi connectivity index (χ0) is 47.3. The lowest BCUT2D eigenvalue weighted by Crippen LogP contribution is -2.38. The molecule has 0 bridgehead atoms. The third-order valence-electron chi connectivity index (χ3n) is 9.44. The number of sulfone groups is 2. The lowest BCUT2D eigenvalue weighted by Gasteiger charge is -2.26. The largest absolute Gasteiger partial charge is 0.491 e. The van der Waals surface area contributed by atoms with Gasteiger partial charge < -0.3 is 29.6 Å². The third kappa shape index (κ3) is 10.6. The number of imide groups is 2. The number of nitrogens with zero attached hydrogens (tertiary/aromatic N) is 4. The highest BCUT2D eigenvalue weighted by molar-refractivity contribution is 7.90. The van der Waals surface area contributed by atoms with E-state index in [0.29, 0.717) is 11.5 Å². The first-order valence-electron chi connectivity index (χ1n) is 19.4. The first-order valence-corrected chi connectivity index (χ1v) is 23.5. The molecular formula is C42H46N6O14S2. The molecule has 6 rings (SSSR count). The fourth-order valence-electron chi connectivity index (χ4n) is 6.96. The van der Waals surface area contributed by atoms with Gasteiger partial charge >= 0.3 is 0 Å². The zero-order valence-electron chi connectivity index (χ0n) is 36.1. The van der Waals surface area contributed by atoms with Gasteiger partial charge in [0.15, 0.2) is 11.5 Å². The maximum Gasteiger partial charge on any atom is 0.264 e. The second kappa shape index (κ2) is 19.6. The SMILES string of the molecule is CCOc1nc(C(CS(C)(=O)=O)N2C(=O)c3cccc(NC(C)=O)c3C2=O)ccc1OC.CCOc1nc([C@@H](CS(C)(=O)=O)N2C(=O)c3cccc(NC(C)=O)c3C2=O)ccc1OC. The quantitative estimate of drug-likeness (QED) is 0.152. The Morgan fingerprint density at radius 2 is 0.953 bits per heavy atom. The average Bonchev–Trinajstić information content (AvgIpc) is 3.63. The molecule has 22 heteroatoms. The van der Waals surface area contributed by atoms with E-state index in [4.69, 9.17) is 18.9 Å². The lowest BCUT2D eigenvalue weighted by molar-refractivity contribution is -0.115. The molecule has 64 heavy (non-hydrogen) atoms. The summed E-state index contributed by atoms with van der Waals surface area (Å²) in [5, 5.41) is 5.07. The minimum Gasteiger partial charge on any atom is -0.491 e. The van der Waals surface area contributed by atoms with Crippen molar-refractivity contribution in [2.24, 2.45) is 0 Å².